The van der Waals surface area contributed by atoms with Gasteiger partial charge in [-0.05, 0) is 23.8 Å². The lowest BCUT2D eigenvalue weighted by Gasteiger charge is -2.18. The van der Waals surface area contributed by atoms with E-state index in [-0.39, 0.29) is 0 Å². The van der Waals surface area contributed by atoms with Crippen molar-refractivity contribution in [2.24, 2.45) is 0 Å². The summed E-state index contributed by atoms with van der Waals surface area (Å²) in [4.78, 5) is 10.1. The molecule has 0 amide bonds. The molecule has 0 aliphatic rings. The second-order valence-corrected chi connectivity index (χ2v) is 4.67. The molecule has 0 spiro atoms. The van der Waals surface area contributed by atoms with Crippen molar-refractivity contribution >= 4 is 27.7 Å². The minimum atomic E-state index is 0.295. The lowest BCUT2D eigenvalue weighted by Crippen LogP contribution is -2.18. The van der Waals surface area contributed by atoms with Crippen LogP contribution in [0.1, 0.15) is 5.56 Å². The van der Waals surface area contributed by atoms with Crippen molar-refractivity contribution in [1.82, 2.24) is 9.97 Å². The molecule has 0 aliphatic carbocycles. The van der Waals surface area contributed by atoms with E-state index in [4.69, 9.17) is 5.73 Å². The maximum Gasteiger partial charge on any atom is 0.221 e. The van der Waals surface area contributed by atoms with Crippen molar-refractivity contribution in [2.45, 2.75) is 6.54 Å². The molecule has 0 aliphatic heterocycles. The van der Waals surface area contributed by atoms with Gasteiger partial charge in [0.1, 0.15) is 5.82 Å². The minimum Gasteiger partial charge on any atom is -0.368 e. The monoisotopic (exact) mass is 292 g/mol. The Morgan fingerprint density at radius 1 is 1.35 bits per heavy atom. The van der Waals surface area contributed by atoms with E-state index in [1.807, 2.05) is 30.1 Å². The number of nitrogens with two attached hydrogens (primary N) is 1. The van der Waals surface area contributed by atoms with Crippen molar-refractivity contribution in [3.63, 3.8) is 0 Å². The molecule has 0 bridgehead atoms. The van der Waals surface area contributed by atoms with Gasteiger partial charge in [0.15, 0.2) is 0 Å². The fourth-order valence-electron chi connectivity index (χ4n) is 1.57. The molecule has 88 valence electrons. The molecule has 0 atom stereocenters. The molecule has 1 heterocycles. The zero-order chi connectivity index (χ0) is 12.3. The van der Waals surface area contributed by atoms with E-state index in [9.17, 15) is 0 Å². The zero-order valence-corrected chi connectivity index (χ0v) is 11.1. The van der Waals surface area contributed by atoms with Gasteiger partial charge in [0, 0.05) is 24.3 Å². The molecule has 1 aromatic heterocycles. The van der Waals surface area contributed by atoms with Crippen molar-refractivity contribution < 1.29 is 0 Å². The second kappa shape index (κ2) is 5.14. The van der Waals surface area contributed by atoms with Gasteiger partial charge in [-0.15, -0.1) is 0 Å². The van der Waals surface area contributed by atoms with Crippen molar-refractivity contribution in [1.29, 1.82) is 0 Å². The number of nitrogen functional groups attached to an aromatic ring is 1. The highest BCUT2D eigenvalue weighted by Gasteiger charge is 2.04. The predicted octanol–water partition coefficient (Wildman–Crippen LogP) is 2.46. The Hall–Kier alpha value is -1.62. The van der Waals surface area contributed by atoms with Crippen LogP contribution in [0.2, 0.25) is 0 Å². The molecule has 1 aromatic carbocycles. The quantitative estimate of drug-likeness (QED) is 0.944. The van der Waals surface area contributed by atoms with E-state index in [0.29, 0.717) is 5.95 Å². The molecule has 0 radical (unpaired) electrons. The Kier molecular flexibility index (Phi) is 3.58. The van der Waals surface area contributed by atoms with Crippen LogP contribution in [0.4, 0.5) is 11.8 Å². The van der Waals surface area contributed by atoms with Crippen LogP contribution in [0, 0.1) is 0 Å². The Morgan fingerprint density at radius 2 is 2.18 bits per heavy atom. The number of anilines is 2. The lowest BCUT2D eigenvalue weighted by molar-refractivity contribution is 0.893. The third-order valence-electron chi connectivity index (χ3n) is 2.36. The summed E-state index contributed by atoms with van der Waals surface area (Å²) < 4.78 is 1.07. The third-order valence-corrected chi connectivity index (χ3v) is 2.85. The average molecular weight is 293 g/mol. The standard InChI is InChI=1S/C12H13BrN4/c1-17(11-5-6-15-12(14)16-11)8-9-3-2-4-10(13)7-9/h2-7H,8H2,1H3,(H2,14,15,16). The molecular weight excluding hydrogens is 280 g/mol. The van der Waals surface area contributed by atoms with Crippen LogP contribution in [0.15, 0.2) is 41.0 Å². The molecule has 2 N–H and O–H groups in total. The number of hydrogen-bond acceptors (Lipinski definition) is 4. The van der Waals surface area contributed by atoms with E-state index >= 15 is 0 Å². The first-order chi connectivity index (χ1) is 8.15. The number of nitrogens with zero attached hydrogens (tertiary/aromatic N) is 3. The number of rotatable bonds is 3. The summed E-state index contributed by atoms with van der Waals surface area (Å²) in [6, 6.07) is 10.0. The van der Waals surface area contributed by atoms with Gasteiger partial charge in [0.2, 0.25) is 5.95 Å². The summed E-state index contributed by atoms with van der Waals surface area (Å²) in [5, 5.41) is 0. The van der Waals surface area contributed by atoms with E-state index in [1.165, 1.54) is 5.56 Å². The molecule has 5 heteroatoms. The molecule has 0 saturated carbocycles. The molecule has 2 rings (SSSR count). The van der Waals surface area contributed by atoms with Crippen LogP contribution in [-0.4, -0.2) is 17.0 Å². The Bertz CT molecular complexity index is 515. The summed E-state index contributed by atoms with van der Waals surface area (Å²) in [6.07, 6.45) is 1.66. The topological polar surface area (TPSA) is 55.0 Å². The summed E-state index contributed by atoms with van der Waals surface area (Å²) in [5.41, 5.74) is 6.76. The van der Waals surface area contributed by atoms with Gasteiger partial charge in [-0.2, -0.15) is 4.98 Å². The van der Waals surface area contributed by atoms with Gasteiger partial charge in [-0.1, -0.05) is 28.1 Å². The van der Waals surface area contributed by atoms with Gasteiger partial charge in [-0.25, -0.2) is 4.98 Å². The molecule has 17 heavy (non-hydrogen) atoms. The molecule has 4 nitrogen and oxygen atoms in total. The molecule has 0 fully saturated rings. The molecule has 0 saturated heterocycles. The molecule has 0 unspecified atom stereocenters. The van der Waals surface area contributed by atoms with Crippen LogP contribution >= 0.6 is 15.9 Å². The van der Waals surface area contributed by atoms with Crippen molar-refractivity contribution in [3.8, 4) is 0 Å². The maximum absolute atomic E-state index is 5.56. The van der Waals surface area contributed by atoms with Gasteiger partial charge in [0.25, 0.3) is 0 Å². The third kappa shape index (κ3) is 3.17. The first-order valence-corrected chi connectivity index (χ1v) is 5.98. The highest BCUT2D eigenvalue weighted by molar-refractivity contribution is 9.10. The van der Waals surface area contributed by atoms with Gasteiger partial charge in [-0.3, -0.25) is 0 Å². The Balaban J connectivity index is 2.14. The molecular formula is C12H13BrN4. The van der Waals surface area contributed by atoms with Gasteiger partial charge in [0.05, 0.1) is 0 Å². The van der Waals surface area contributed by atoms with Crippen LogP contribution < -0.4 is 10.6 Å². The number of benzene rings is 1. The van der Waals surface area contributed by atoms with Crippen molar-refractivity contribution in [2.75, 3.05) is 17.7 Å². The average Bonchev–Trinajstić information content (AvgIpc) is 2.29. The van der Waals surface area contributed by atoms with E-state index in [2.05, 4.69) is 38.0 Å². The second-order valence-electron chi connectivity index (χ2n) is 3.76. The normalized spacial score (nSPS) is 10.2. The zero-order valence-electron chi connectivity index (χ0n) is 9.47. The summed E-state index contributed by atoms with van der Waals surface area (Å²) >= 11 is 3.46. The van der Waals surface area contributed by atoms with Crippen LogP contribution in [-0.2, 0) is 6.54 Å². The Morgan fingerprint density at radius 3 is 2.88 bits per heavy atom. The maximum atomic E-state index is 5.56. The number of hydrogen-bond donors (Lipinski definition) is 1. The van der Waals surface area contributed by atoms with E-state index in [1.54, 1.807) is 6.20 Å². The number of aromatic nitrogens is 2. The summed E-state index contributed by atoms with van der Waals surface area (Å²) in [5.74, 6) is 1.11. The van der Waals surface area contributed by atoms with E-state index < -0.39 is 0 Å². The smallest absolute Gasteiger partial charge is 0.221 e. The first kappa shape index (κ1) is 11.9. The number of halogens is 1. The summed E-state index contributed by atoms with van der Waals surface area (Å²) in [7, 11) is 1.97. The first-order valence-electron chi connectivity index (χ1n) is 5.19. The largest absolute Gasteiger partial charge is 0.368 e. The van der Waals surface area contributed by atoms with Crippen LogP contribution in [0.25, 0.3) is 0 Å². The predicted molar refractivity (Wildman–Crippen MR) is 72.7 cm³/mol. The van der Waals surface area contributed by atoms with E-state index in [0.717, 1.165) is 16.8 Å². The highest BCUT2D eigenvalue weighted by Crippen LogP contribution is 2.16. The van der Waals surface area contributed by atoms with Crippen LogP contribution in [0.5, 0.6) is 0 Å². The summed E-state index contributed by atoms with van der Waals surface area (Å²) in [6.45, 7) is 0.774. The van der Waals surface area contributed by atoms with Gasteiger partial charge >= 0.3 is 0 Å². The fraction of sp³-hybridized carbons (Fsp3) is 0.167. The lowest BCUT2D eigenvalue weighted by atomic mass is 10.2. The fourth-order valence-corrected chi connectivity index (χ4v) is 2.01. The minimum absolute atomic E-state index is 0.295. The highest BCUT2D eigenvalue weighted by atomic mass is 79.9. The Labute approximate surface area is 109 Å². The SMILES string of the molecule is CN(Cc1cccc(Br)c1)c1ccnc(N)n1. The van der Waals surface area contributed by atoms with Gasteiger partial charge < -0.3 is 10.6 Å². The molecule has 2 aromatic rings. The van der Waals surface area contributed by atoms with Crippen molar-refractivity contribution in [3.05, 3.63) is 46.6 Å². The van der Waals surface area contributed by atoms with Crippen LogP contribution in [0.3, 0.4) is 0 Å².